The molecule has 0 aliphatic carbocycles. The average molecular weight is 2210 g/mol. The van der Waals surface area contributed by atoms with E-state index in [-0.39, 0.29) is 90.2 Å². The first-order chi connectivity index (χ1) is 62.4. The van der Waals surface area contributed by atoms with Gasteiger partial charge in [-0.05, 0) is 139 Å². The first kappa shape index (κ1) is 163. The predicted molar refractivity (Wildman–Crippen MR) is 628 cm³/mol. The fraction of sp³-hybridized carbons (Fsp3) is 0.652. The van der Waals surface area contributed by atoms with Crippen LogP contribution in [0.5, 0.6) is 11.5 Å². The van der Waals surface area contributed by atoms with E-state index >= 15 is 0 Å². The number of para-hydroxylation sites is 3. The molecule has 0 radical (unpaired) electrons. The molecule has 4 heterocycles. The van der Waals surface area contributed by atoms with Gasteiger partial charge in [0.25, 0.3) is 30.6 Å². The number of rotatable bonds is 7. The Morgan fingerprint density at radius 1 is 0.435 bits per heavy atom. The predicted octanol–water partition coefficient (Wildman–Crippen LogP) is 28.4. The lowest BCUT2D eigenvalue weighted by Gasteiger charge is -2.40. The van der Waals surface area contributed by atoms with Crippen LogP contribution < -0.4 is 13.7 Å². The van der Waals surface area contributed by atoms with Crippen molar-refractivity contribution in [3.05, 3.63) is 203 Å². The number of benzene rings is 6. The van der Waals surface area contributed by atoms with E-state index in [1.807, 2.05) is 139 Å². The summed E-state index contributed by atoms with van der Waals surface area (Å²) < 4.78 is 210. The lowest BCUT2D eigenvalue weighted by Crippen LogP contribution is -2.43. The van der Waals surface area contributed by atoms with Gasteiger partial charge >= 0.3 is 22.6 Å². The van der Waals surface area contributed by atoms with Crippen LogP contribution in [-0.4, -0.2) is 207 Å². The van der Waals surface area contributed by atoms with Gasteiger partial charge in [0.05, 0.1) is 22.5 Å². The van der Waals surface area contributed by atoms with Crippen LogP contribution in [0.3, 0.4) is 0 Å². The molecule has 23 nitrogen and oxygen atoms in total. The van der Waals surface area contributed by atoms with Gasteiger partial charge in [0, 0.05) is 107 Å². The van der Waals surface area contributed by atoms with E-state index in [2.05, 4.69) is 198 Å². The Morgan fingerprint density at radius 2 is 0.803 bits per heavy atom. The maximum absolute atomic E-state index is 12.3. The highest BCUT2D eigenvalue weighted by molar-refractivity contribution is 7.99. The third kappa shape index (κ3) is 62.8. The van der Waals surface area contributed by atoms with Crippen LogP contribution >= 0.6 is 0 Å². The minimum absolute atomic E-state index is 0. The quantitative estimate of drug-likeness (QED) is 0.0734. The summed E-state index contributed by atoms with van der Waals surface area (Å²) in [5, 5.41) is 27.2. The van der Waals surface area contributed by atoms with Crippen molar-refractivity contribution in [2.45, 2.75) is 358 Å². The van der Waals surface area contributed by atoms with Gasteiger partial charge in [0.15, 0.2) is 6.10 Å². The number of fused-ring (bicyclic) bond motifs is 2. The number of phenolic OH excluding ortho intramolecular Hbond substituents is 2. The Hall–Kier alpha value is -6.87. The molecule has 2 unspecified atom stereocenters. The number of sulfonamides is 1. The Labute approximate surface area is 899 Å². The number of nitrogens with zero attached hydrogens (tertiary/aromatic N) is 7. The number of aliphatic hydroxyl groups excluding tert-OH is 1. The van der Waals surface area contributed by atoms with Crippen molar-refractivity contribution in [2.24, 2.45) is 32.5 Å². The topological polar surface area (TPSA) is 295 Å². The normalized spacial score (nSPS) is 15.6. The van der Waals surface area contributed by atoms with Gasteiger partial charge in [-0.2, -0.15) is 81.5 Å². The molecule has 1 saturated heterocycles. The zero-order valence-electron chi connectivity index (χ0n) is 93.2. The molecule has 0 bridgehead atoms. The Kier molecular flexibility index (Phi) is 72.6. The van der Waals surface area contributed by atoms with Gasteiger partial charge in [0.1, 0.15) is 11.5 Å². The number of hydrogen-bond acceptors (Lipinski definition) is 14. The van der Waals surface area contributed by atoms with Crippen LogP contribution in [0.25, 0.3) is 0 Å². The monoisotopic (exact) mass is 2210 g/mol. The highest BCUT2D eigenvalue weighted by Gasteiger charge is 2.54. The summed E-state index contributed by atoms with van der Waals surface area (Å²) in [5.74, 6) is 6.01. The van der Waals surface area contributed by atoms with Crippen LogP contribution in [0.2, 0.25) is 0 Å². The fourth-order valence-electron chi connectivity index (χ4n) is 11.6. The SMILES string of the molecule is C.C.C.C.C.C.C.C=S1(=O)Cc2ccc(C(C)(C)C)cc2C1.CC.CC.CC(C)(C)C(C)(C)C(F)(F)F.CC(C)(C)C(O)C(F)(F)F.CC(C)(C)CN1CCNS1(=O)=O.CC(C)(C)CN1c2ccccc2NS1(=O)=O.CC(C)(C)c1cccc(O)c1.CC(C)(C)c1ccccc1.CC(C)(C)c1ccccc1.CC(C)(C)c1ccccc1O.CN(C)S(=O)(=O)N(C)C.CN(C)S(=O)(=O)N(C)CC(C)(C)C.CN1C=CCS1(=O)=O. The number of phenols is 2. The number of nitrogens with one attached hydrogen (secondary N) is 2. The summed E-state index contributed by atoms with van der Waals surface area (Å²) in [6.07, 6.45) is -7.69. The third-order valence-electron chi connectivity index (χ3n) is 20.8. The second kappa shape index (κ2) is 65.6. The molecule has 10 rings (SSSR count). The molecule has 147 heavy (non-hydrogen) atoms. The van der Waals surface area contributed by atoms with Gasteiger partial charge in [-0.3, -0.25) is 17.5 Å². The van der Waals surface area contributed by atoms with Crippen LogP contribution in [0.4, 0.5) is 37.7 Å². The molecule has 5 N–H and O–H groups in total. The third-order valence-corrected chi connectivity index (χ3v) is 30.7. The van der Waals surface area contributed by atoms with Crippen molar-refractivity contribution in [1.82, 2.24) is 30.6 Å². The molecule has 6 aromatic carbocycles. The van der Waals surface area contributed by atoms with Crippen LogP contribution in [0.15, 0.2) is 164 Å². The number of aromatic hydroxyl groups is 2. The molecule has 4 aliphatic rings. The molecule has 0 saturated carbocycles. The van der Waals surface area contributed by atoms with Gasteiger partial charge < -0.3 is 15.3 Å². The number of anilines is 2. The largest absolute Gasteiger partial charge is 0.508 e. The number of alkyl halides is 6. The Morgan fingerprint density at radius 3 is 1.06 bits per heavy atom. The number of hydrogen-bond donors (Lipinski definition) is 5. The molecule has 35 heteroatoms. The number of halogens is 6. The van der Waals surface area contributed by atoms with E-state index in [1.54, 1.807) is 64.4 Å². The molecular formula is C112H211F6N9O14S6. The minimum atomic E-state index is -4.50. The van der Waals surface area contributed by atoms with Gasteiger partial charge in [-0.25, -0.2) is 13.1 Å². The first-order valence-electron chi connectivity index (χ1n) is 46.8. The number of aliphatic hydroxyl groups is 1. The van der Waals surface area contributed by atoms with E-state index in [0.29, 0.717) is 72.2 Å². The smallest absolute Gasteiger partial charge is 0.414 e. The van der Waals surface area contributed by atoms with Crippen molar-refractivity contribution in [1.29, 1.82) is 0 Å². The molecule has 2 atom stereocenters. The molecule has 0 aromatic heterocycles. The van der Waals surface area contributed by atoms with Crippen molar-refractivity contribution in [3.8, 4) is 11.5 Å². The summed E-state index contributed by atoms with van der Waals surface area (Å²) in [6.45, 7) is 72.7. The summed E-state index contributed by atoms with van der Waals surface area (Å²) in [7, 11) is -5.52. The summed E-state index contributed by atoms with van der Waals surface area (Å²) in [4.78, 5) is 0. The summed E-state index contributed by atoms with van der Waals surface area (Å²) >= 11 is 0. The highest BCUT2D eigenvalue weighted by atomic mass is 32.2. The Balaban J connectivity index is -0.000000152. The van der Waals surface area contributed by atoms with Crippen molar-refractivity contribution in [3.63, 3.8) is 0 Å². The van der Waals surface area contributed by atoms with Gasteiger partial charge in [0.2, 0.25) is 10.0 Å². The average Bonchev–Trinajstić information content (AvgIpc) is 1.72. The molecular weight excluding hydrogens is 2000 g/mol. The second-order valence-electron chi connectivity index (χ2n) is 45.8. The van der Waals surface area contributed by atoms with Gasteiger partial charge in [-0.1, -0.05) is 429 Å². The Bertz CT molecular complexity index is 5290. The van der Waals surface area contributed by atoms with E-state index in [4.69, 9.17) is 5.11 Å². The summed E-state index contributed by atoms with van der Waals surface area (Å²) in [5.41, 5.74) is 7.48. The maximum atomic E-state index is 12.3. The molecule has 6 aromatic rings. The van der Waals surface area contributed by atoms with Crippen LogP contribution in [-0.2, 0) is 99.0 Å². The van der Waals surface area contributed by atoms with Crippen LogP contribution in [0, 0.1) is 32.5 Å². The zero-order valence-corrected chi connectivity index (χ0v) is 98.1. The van der Waals surface area contributed by atoms with Crippen molar-refractivity contribution >= 4 is 77.6 Å². The first-order valence-corrected chi connectivity index (χ1v) is 56.2. The molecule has 4 aliphatic heterocycles. The molecule has 1 fully saturated rings. The molecule has 866 valence electrons. The second-order valence-corrected chi connectivity index (χ2v) is 58.4. The zero-order chi connectivity index (χ0) is 112. The lowest BCUT2D eigenvalue weighted by atomic mass is 9.69. The highest BCUT2D eigenvalue weighted by Crippen LogP contribution is 2.50. The van der Waals surface area contributed by atoms with Crippen LogP contribution in [0.1, 0.15) is 340 Å². The van der Waals surface area contributed by atoms with E-state index in [1.165, 1.54) is 133 Å². The standard InChI is InChI=1S/C13H18OS.C11H16N2O2S.2C10H14O.2C10H14.C8H15F3.C8H20N2O2S.C7H16N2O2S.C6H11F3O.C4H12N2O2S.C4H7NO2S.2C2H6.7CH4/c1-13(2,3)12-6-5-10-8-15(4,14)9-11(10)7-12;1-11(2,3)8-13-10-7-5-4-6-9(10)12-16(13,14)15;1-10(2,3)8-5-4-6-9(11)7-8;1-10(2,3)8-6-4-5-7-9(8)11;2*1-10(2,3)9-7-5-4-6-8-9;1-6(2,3)7(4,5)8(9,10)11;1-8(2,3)7-10(6)13(11,12)9(4)5;1-7(2,3)6-9-5-4-8-12(9,10)11;1-5(2,3)4(10)6(7,8)9;1-5(2)9(7,8)6(3)4;1-5-3-2-4-8(5,6)7;2*1-2;;;;;;;/h5-7H,4,8-9H2,1-3H3;4-7,12H,8H2,1-3H3;2*4-7,11H,1-3H3;2*4-8H,1-3H3;1-5H3;7H2,1-6H3;8H,4-6H2,1-3H3;4,10H,1-3H3;1-4H3;2-3H,4H2,1H3;2*1-2H3;7*1H4. The van der Waals surface area contributed by atoms with E-state index in [9.17, 15) is 82.9 Å². The summed E-state index contributed by atoms with van der Waals surface area (Å²) in [6, 6.07) is 49.7. The van der Waals surface area contributed by atoms with Crippen molar-refractivity contribution in [2.75, 3.05) is 104 Å². The lowest BCUT2D eigenvalue weighted by molar-refractivity contribution is -0.243. The van der Waals surface area contributed by atoms with E-state index in [0.717, 1.165) is 25.4 Å². The minimum Gasteiger partial charge on any atom is -0.508 e. The van der Waals surface area contributed by atoms with E-state index < -0.39 is 95.1 Å². The fourth-order valence-corrected chi connectivity index (χ4v) is 19.0. The van der Waals surface area contributed by atoms with Gasteiger partial charge in [-0.15, -0.1) is 0 Å². The molecule has 0 spiro atoms. The van der Waals surface area contributed by atoms with Crippen molar-refractivity contribution < 1.29 is 88.0 Å². The molecule has 0 amide bonds. The maximum Gasteiger partial charge on any atom is 0.414 e.